The van der Waals surface area contributed by atoms with Crippen molar-refractivity contribution >= 4 is 27.7 Å². The molecule has 0 amide bonds. The number of anilines is 1. The van der Waals surface area contributed by atoms with Gasteiger partial charge in [-0.05, 0) is 19.1 Å². The van der Waals surface area contributed by atoms with Gasteiger partial charge in [-0.1, -0.05) is 28.1 Å². The van der Waals surface area contributed by atoms with Crippen molar-refractivity contribution in [3.63, 3.8) is 0 Å². The molecule has 1 aliphatic heterocycles. The zero-order valence-electron chi connectivity index (χ0n) is 11.0. The third kappa shape index (κ3) is 2.20. The van der Waals surface area contributed by atoms with Gasteiger partial charge in [0.15, 0.2) is 0 Å². The Labute approximate surface area is 125 Å². The van der Waals surface area contributed by atoms with Crippen molar-refractivity contribution in [2.45, 2.75) is 13.5 Å². The maximum Gasteiger partial charge on any atom is 0.374 e. The number of hydrogen-bond donors (Lipinski definition) is 1. The Morgan fingerprint density at radius 3 is 3.15 bits per heavy atom. The van der Waals surface area contributed by atoms with Gasteiger partial charge in [-0.2, -0.15) is 0 Å². The molecule has 0 radical (unpaired) electrons. The second kappa shape index (κ2) is 5.28. The molecular formula is C14H14BrN3O2. The number of halogens is 1. The van der Waals surface area contributed by atoms with Crippen LogP contribution in [0.4, 0.5) is 5.82 Å². The number of carbonyl (C=O) groups is 1. The number of nitrogens with zero attached hydrogens (tertiary/aromatic N) is 2. The molecule has 0 saturated heterocycles. The lowest BCUT2D eigenvalue weighted by Gasteiger charge is -2.01. The van der Waals surface area contributed by atoms with Crippen LogP contribution in [0.1, 0.15) is 17.5 Å². The van der Waals surface area contributed by atoms with Crippen LogP contribution in [-0.2, 0) is 11.3 Å². The predicted molar refractivity (Wildman–Crippen MR) is 79.8 cm³/mol. The van der Waals surface area contributed by atoms with Crippen molar-refractivity contribution in [2.75, 3.05) is 18.5 Å². The maximum atomic E-state index is 12.0. The van der Waals surface area contributed by atoms with Crippen LogP contribution in [0.15, 0.2) is 28.7 Å². The average molecular weight is 336 g/mol. The van der Waals surface area contributed by atoms with Crippen LogP contribution in [-0.4, -0.2) is 28.7 Å². The van der Waals surface area contributed by atoms with Crippen LogP contribution in [0.3, 0.4) is 0 Å². The van der Waals surface area contributed by atoms with Crippen molar-refractivity contribution in [1.29, 1.82) is 0 Å². The number of esters is 1. The summed E-state index contributed by atoms with van der Waals surface area (Å²) in [4.78, 5) is 16.4. The Bertz CT molecular complexity index is 666. The SMILES string of the molecule is CCOC(=O)c1nc(-c2cccc(Br)c2)c2n1CCN2. The molecule has 0 bridgehead atoms. The molecule has 0 saturated carbocycles. The number of ether oxygens (including phenoxy) is 1. The second-order valence-electron chi connectivity index (χ2n) is 4.44. The molecule has 2 heterocycles. The second-order valence-corrected chi connectivity index (χ2v) is 5.36. The number of hydrogen-bond acceptors (Lipinski definition) is 4. The minimum atomic E-state index is -0.376. The van der Waals surface area contributed by atoms with E-state index in [0.717, 1.165) is 34.6 Å². The van der Waals surface area contributed by atoms with Gasteiger partial charge in [-0.25, -0.2) is 9.78 Å². The number of fused-ring (bicyclic) bond motifs is 1. The number of aromatic nitrogens is 2. The zero-order chi connectivity index (χ0) is 14.1. The molecule has 1 aliphatic rings. The van der Waals surface area contributed by atoms with Crippen molar-refractivity contribution < 1.29 is 9.53 Å². The van der Waals surface area contributed by atoms with Crippen molar-refractivity contribution in [2.24, 2.45) is 0 Å². The highest BCUT2D eigenvalue weighted by Gasteiger charge is 2.26. The van der Waals surface area contributed by atoms with E-state index in [9.17, 15) is 4.79 Å². The monoisotopic (exact) mass is 335 g/mol. The largest absolute Gasteiger partial charge is 0.460 e. The maximum absolute atomic E-state index is 12.0. The minimum Gasteiger partial charge on any atom is -0.460 e. The van der Waals surface area contributed by atoms with E-state index in [4.69, 9.17) is 4.74 Å². The molecule has 20 heavy (non-hydrogen) atoms. The molecule has 1 N–H and O–H groups in total. The van der Waals surface area contributed by atoms with E-state index in [1.807, 2.05) is 28.8 Å². The lowest BCUT2D eigenvalue weighted by atomic mass is 10.1. The summed E-state index contributed by atoms with van der Waals surface area (Å²) in [6, 6.07) is 7.87. The van der Waals surface area contributed by atoms with Gasteiger partial charge in [-0.15, -0.1) is 0 Å². The summed E-state index contributed by atoms with van der Waals surface area (Å²) in [5.41, 5.74) is 1.75. The molecule has 5 nitrogen and oxygen atoms in total. The fourth-order valence-electron chi connectivity index (χ4n) is 2.32. The van der Waals surface area contributed by atoms with Crippen LogP contribution >= 0.6 is 15.9 Å². The molecule has 0 spiro atoms. The Morgan fingerprint density at radius 2 is 2.40 bits per heavy atom. The molecule has 3 rings (SSSR count). The lowest BCUT2D eigenvalue weighted by Crippen LogP contribution is -2.12. The number of rotatable bonds is 3. The summed E-state index contributed by atoms with van der Waals surface area (Å²) in [7, 11) is 0. The Morgan fingerprint density at radius 1 is 1.55 bits per heavy atom. The highest BCUT2D eigenvalue weighted by Crippen LogP contribution is 2.32. The van der Waals surface area contributed by atoms with Crippen molar-refractivity contribution in [3.05, 3.63) is 34.6 Å². The molecule has 6 heteroatoms. The summed E-state index contributed by atoms with van der Waals surface area (Å²) in [5.74, 6) is 0.867. The number of carbonyl (C=O) groups excluding carboxylic acids is 1. The van der Waals surface area contributed by atoms with Crippen LogP contribution < -0.4 is 5.32 Å². The summed E-state index contributed by atoms with van der Waals surface area (Å²) >= 11 is 3.45. The third-order valence-electron chi connectivity index (χ3n) is 3.15. The van der Waals surface area contributed by atoms with Gasteiger partial charge in [0.05, 0.1) is 6.61 Å². The van der Waals surface area contributed by atoms with Gasteiger partial charge in [0.25, 0.3) is 0 Å². The van der Waals surface area contributed by atoms with Gasteiger partial charge in [-0.3, -0.25) is 0 Å². The van der Waals surface area contributed by atoms with Gasteiger partial charge in [0, 0.05) is 23.1 Å². The molecule has 0 fully saturated rings. The first-order valence-corrected chi connectivity index (χ1v) is 7.27. The van der Waals surface area contributed by atoms with E-state index >= 15 is 0 Å². The molecule has 2 aromatic rings. The first-order valence-electron chi connectivity index (χ1n) is 6.48. The summed E-state index contributed by atoms with van der Waals surface area (Å²) in [5, 5.41) is 3.28. The van der Waals surface area contributed by atoms with Gasteiger partial charge in [0.1, 0.15) is 11.5 Å². The topological polar surface area (TPSA) is 56.1 Å². The van der Waals surface area contributed by atoms with Crippen molar-refractivity contribution in [1.82, 2.24) is 9.55 Å². The fourth-order valence-corrected chi connectivity index (χ4v) is 2.72. The van der Waals surface area contributed by atoms with Crippen LogP contribution in [0.5, 0.6) is 0 Å². The Balaban J connectivity index is 2.09. The molecule has 1 aromatic heterocycles. The quantitative estimate of drug-likeness (QED) is 0.876. The number of benzene rings is 1. The van der Waals surface area contributed by atoms with Crippen LogP contribution in [0.2, 0.25) is 0 Å². The van der Waals surface area contributed by atoms with Crippen molar-refractivity contribution in [3.8, 4) is 11.3 Å². The standard InChI is InChI=1S/C14H14BrN3O2/c1-2-20-14(19)13-17-11(12-16-6-7-18(12)13)9-4-3-5-10(15)8-9/h3-5,8,16H,2,6-7H2,1H3. The fraction of sp³-hybridized carbons (Fsp3) is 0.286. The summed E-state index contributed by atoms with van der Waals surface area (Å²) in [6.45, 7) is 3.66. The normalized spacial score (nSPS) is 12.9. The molecule has 0 aliphatic carbocycles. The van der Waals surface area contributed by atoms with E-state index in [0.29, 0.717) is 12.4 Å². The molecular weight excluding hydrogens is 322 g/mol. The molecule has 1 aromatic carbocycles. The first kappa shape index (κ1) is 13.2. The van der Waals surface area contributed by atoms with E-state index in [-0.39, 0.29) is 5.97 Å². The van der Waals surface area contributed by atoms with E-state index in [1.54, 1.807) is 6.92 Å². The minimum absolute atomic E-state index is 0.348. The third-order valence-corrected chi connectivity index (χ3v) is 3.64. The first-order chi connectivity index (χ1) is 9.70. The molecule has 104 valence electrons. The average Bonchev–Trinajstić information content (AvgIpc) is 3.00. The highest BCUT2D eigenvalue weighted by molar-refractivity contribution is 9.10. The van der Waals surface area contributed by atoms with Gasteiger partial charge in [0.2, 0.25) is 5.82 Å². The Hall–Kier alpha value is -1.82. The highest BCUT2D eigenvalue weighted by atomic mass is 79.9. The summed E-state index contributed by atoms with van der Waals surface area (Å²) in [6.07, 6.45) is 0. The number of imidazole rings is 1. The molecule has 0 unspecified atom stereocenters. The van der Waals surface area contributed by atoms with Gasteiger partial charge < -0.3 is 14.6 Å². The van der Waals surface area contributed by atoms with E-state index in [1.165, 1.54) is 0 Å². The number of nitrogens with one attached hydrogen (secondary N) is 1. The Kier molecular flexibility index (Phi) is 3.48. The van der Waals surface area contributed by atoms with Crippen LogP contribution in [0.25, 0.3) is 11.3 Å². The molecule has 0 atom stereocenters. The zero-order valence-corrected chi connectivity index (χ0v) is 12.6. The van der Waals surface area contributed by atoms with E-state index < -0.39 is 0 Å². The van der Waals surface area contributed by atoms with Crippen LogP contribution in [0, 0.1) is 0 Å². The van der Waals surface area contributed by atoms with Gasteiger partial charge >= 0.3 is 5.97 Å². The lowest BCUT2D eigenvalue weighted by molar-refractivity contribution is 0.0507. The summed E-state index contributed by atoms with van der Waals surface area (Å²) < 4.78 is 7.93. The van der Waals surface area contributed by atoms with E-state index in [2.05, 4.69) is 26.2 Å². The smallest absolute Gasteiger partial charge is 0.374 e. The predicted octanol–water partition coefficient (Wildman–Crippen LogP) is 2.91.